The van der Waals surface area contributed by atoms with Gasteiger partial charge < -0.3 is 4.57 Å². The fraction of sp³-hybridized carbons (Fsp3) is 0.174. The van der Waals surface area contributed by atoms with E-state index < -0.39 is 0 Å². The second-order valence-electron chi connectivity index (χ2n) is 6.98. The van der Waals surface area contributed by atoms with Crippen molar-refractivity contribution >= 4 is 17.4 Å². The summed E-state index contributed by atoms with van der Waals surface area (Å²) in [7, 11) is 1.89. The fourth-order valence-electron chi connectivity index (χ4n) is 4.06. The second kappa shape index (κ2) is 6.50. The lowest BCUT2D eigenvalue weighted by Crippen LogP contribution is -2.30. The van der Waals surface area contributed by atoms with Crippen LogP contribution in [-0.2, 0) is 7.05 Å². The monoisotopic (exact) mass is 369 g/mol. The molecule has 1 atom stereocenters. The molecular weight excluding hydrogens is 350 g/mol. The van der Waals surface area contributed by atoms with Gasteiger partial charge in [0.05, 0.1) is 28.5 Å². The van der Waals surface area contributed by atoms with E-state index in [4.69, 9.17) is 5.26 Å². The van der Waals surface area contributed by atoms with E-state index in [0.29, 0.717) is 22.4 Å². The van der Waals surface area contributed by atoms with Gasteiger partial charge in [0.25, 0.3) is 5.91 Å². The number of ketones is 1. The van der Waals surface area contributed by atoms with Crippen LogP contribution in [0, 0.1) is 18.3 Å². The summed E-state index contributed by atoms with van der Waals surface area (Å²) in [4.78, 5) is 27.6. The molecule has 0 fully saturated rings. The third-order valence-corrected chi connectivity index (χ3v) is 5.42. The summed E-state index contributed by atoms with van der Waals surface area (Å²) < 4.78 is 1.95. The van der Waals surface area contributed by atoms with Crippen molar-refractivity contribution in [3.05, 3.63) is 88.2 Å². The predicted octanol–water partition coefficient (Wildman–Crippen LogP) is 4.16. The average molecular weight is 369 g/mol. The fourth-order valence-corrected chi connectivity index (χ4v) is 4.06. The molecule has 5 heteroatoms. The molecule has 0 radical (unpaired) electrons. The molecule has 4 rings (SSSR count). The Hall–Kier alpha value is -3.65. The molecule has 28 heavy (non-hydrogen) atoms. The first-order valence-corrected chi connectivity index (χ1v) is 9.04. The van der Waals surface area contributed by atoms with Crippen LogP contribution in [0.2, 0.25) is 0 Å². The highest BCUT2D eigenvalue weighted by Gasteiger charge is 2.44. The Morgan fingerprint density at radius 3 is 2.29 bits per heavy atom. The summed E-state index contributed by atoms with van der Waals surface area (Å²) in [6, 6.07) is 18.5. The Morgan fingerprint density at radius 2 is 1.71 bits per heavy atom. The number of Topliss-reactive ketones (excluding diaryl/α,β-unsaturated/α-hetero) is 1. The van der Waals surface area contributed by atoms with E-state index in [9.17, 15) is 9.59 Å². The molecule has 138 valence electrons. The van der Waals surface area contributed by atoms with Crippen LogP contribution in [0.3, 0.4) is 0 Å². The van der Waals surface area contributed by atoms with E-state index in [0.717, 1.165) is 17.0 Å². The zero-order valence-electron chi connectivity index (χ0n) is 15.9. The minimum atomic E-state index is -0.339. The normalized spacial score (nSPS) is 15.4. The number of carbonyl (C=O) groups excluding carboxylic acids is 2. The van der Waals surface area contributed by atoms with Gasteiger partial charge in [-0.05, 0) is 43.7 Å². The van der Waals surface area contributed by atoms with Gasteiger partial charge in [-0.3, -0.25) is 14.5 Å². The van der Waals surface area contributed by atoms with Crippen LogP contribution in [0.25, 0.3) is 0 Å². The van der Waals surface area contributed by atoms with Crippen molar-refractivity contribution in [3.8, 4) is 6.07 Å². The minimum absolute atomic E-state index is 0.115. The maximum absolute atomic E-state index is 13.5. The molecule has 1 aliphatic rings. The molecule has 5 nitrogen and oxygen atoms in total. The molecule has 1 aliphatic heterocycles. The Morgan fingerprint density at radius 1 is 1.07 bits per heavy atom. The van der Waals surface area contributed by atoms with Crippen LogP contribution < -0.4 is 4.90 Å². The standard InChI is InChI=1S/C23H19N3O2/c1-14-19(15(2)27)20-22(25(14)3)21(17-7-5-4-6-8-17)26(23(20)28)18-11-9-16(13-24)10-12-18/h4-12,21H,1-3H3. The lowest BCUT2D eigenvalue weighted by atomic mass is 10.0. The molecule has 0 saturated heterocycles. The Kier molecular flexibility index (Phi) is 4.12. The third kappa shape index (κ3) is 2.46. The first-order chi connectivity index (χ1) is 13.5. The van der Waals surface area contributed by atoms with E-state index >= 15 is 0 Å². The van der Waals surface area contributed by atoms with Crippen LogP contribution in [0.5, 0.6) is 0 Å². The van der Waals surface area contributed by atoms with E-state index in [1.165, 1.54) is 6.92 Å². The van der Waals surface area contributed by atoms with Gasteiger partial charge in [-0.15, -0.1) is 0 Å². The van der Waals surface area contributed by atoms with Crippen molar-refractivity contribution in [2.45, 2.75) is 19.9 Å². The first kappa shape index (κ1) is 17.7. The predicted molar refractivity (Wildman–Crippen MR) is 106 cm³/mol. The molecule has 0 spiro atoms. The number of hydrogen-bond donors (Lipinski definition) is 0. The summed E-state index contributed by atoms with van der Waals surface area (Å²) in [5.74, 6) is -0.307. The van der Waals surface area contributed by atoms with Gasteiger partial charge in [-0.25, -0.2) is 0 Å². The van der Waals surface area contributed by atoms with Gasteiger partial charge >= 0.3 is 0 Å². The largest absolute Gasteiger partial charge is 0.348 e. The van der Waals surface area contributed by atoms with Crippen molar-refractivity contribution in [1.82, 2.24) is 4.57 Å². The molecule has 1 amide bonds. The van der Waals surface area contributed by atoms with Gasteiger partial charge in [0, 0.05) is 18.4 Å². The average Bonchev–Trinajstić information content (AvgIpc) is 3.14. The number of aromatic nitrogens is 1. The maximum atomic E-state index is 13.5. The summed E-state index contributed by atoms with van der Waals surface area (Å²) in [6.07, 6.45) is 0. The molecule has 1 aromatic heterocycles. The molecular formula is C23H19N3O2. The first-order valence-electron chi connectivity index (χ1n) is 9.04. The quantitative estimate of drug-likeness (QED) is 0.651. The number of fused-ring (bicyclic) bond motifs is 1. The zero-order chi connectivity index (χ0) is 20.0. The topological polar surface area (TPSA) is 66.1 Å². The van der Waals surface area contributed by atoms with Crippen molar-refractivity contribution in [3.63, 3.8) is 0 Å². The van der Waals surface area contributed by atoms with Gasteiger partial charge in [0.1, 0.15) is 6.04 Å². The van der Waals surface area contributed by atoms with Gasteiger partial charge in [0.2, 0.25) is 0 Å². The highest BCUT2D eigenvalue weighted by atomic mass is 16.2. The summed E-state index contributed by atoms with van der Waals surface area (Å²) >= 11 is 0. The molecule has 0 N–H and O–H groups in total. The van der Waals surface area contributed by atoms with Crippen LogP contribution in [-0.4, -0.2) is 16.3 Å². The van der Waals surface area contributed by atoms with E-state index in [-0.39, 0.29) is 17.7 Å². The number of nitriles is 1. The maximum Gasteiger partial charge on any atom is 0.261 e. The van der Waals surface area contributed by atoms with Crippen LogP contribution in [0.4, 0.5) is 5.69 Å². The summed E-state index contributed by atoms with van der Waals surface area (Å²) in [5, 5.41) is 9.08. The number of hydrogen-bond acceptors (Lipinski definition) is 3. The highest BCUT2D eigenvalue weighted by Crippen LogP contribution is 2.44. The SMILES string of the molecule is CC(=O)c1c2c(n(C)c1C)C(c1ccccc1)N(c1ccc(C#N)cc1)C2=O. The highest BCUT2D eigenvalue weighted by molar-refractivity contribution is 6.18. The van der Waals surface area contributed by atoms with Crippen LogP contribution in [0.15, 0.2) is 54.6 Å². The zero-order valence-corrected chi connectivity index (χ0v) is 15.9. The Balaban J connectivity index is 1.98. The van der Waals surface area contributed by atoms with Crippen LogP contribution in [0.1, 0.15) is 56.2 Å². The Bertz CT molecular complexity index is 1140. The smallest absolute Gasteiger partial charge is 0.261 e. The van der Waals surface area contributed by atoms with E-state index in [1.54, 1.807) is 29.2 Å². The number of rotatable bonds is 3. The number of nitrogens with zero attached hydrogens (tertiary/aromatic N) is 3. The lowest BCUT2D eigenvalue weighted by molar-refractivity contribution is 0.0970. The second-order valence-corrected chi connectivity index (χ2v) is 6.98. The Labute approximate surface area is 163 Å². The lowest BCUT2D eigenvalue weighted by Gasteiger charge is -2.27. The number of carbonyl (C=O) groups is 2. The van der Waals surface area contributed by atoms with Gasteiger partial charge in [-0.1, -0.05) is 30.3 Å². The molecule has 3 aromatic rings. The molecule has 2 aromatic carbocycles. The van der Waals surface area contributed by atoms with Crippen LogP contribution >= 0.6 is 0 Å². The van der Waals surface area contributed by atoms with Crippen molar-refractivity contribution in [1.29, 1.82) is 5.26 Å². The number of benzene rings is 2. The minimum Gasteiger partial charge on any atom is -0.348 e. The van der Waals surface area contributed by atoms with Gasteiger partial charge in [-0.2, -0.15) is 5.26 Å². The molecule has 0 saturated carbocycles. The van der Waals surface area contributed by atoms with Crippen molar-refractivity contribution < 1.29 is 9.59 Å². The molecule has 0 bridgehead atoms. The molecule has 2 heterocycles. The number of anilines is 1. The van der Waals surface area contributed by atoms with E-state index in [2.05, 4.69) is 6.07 Å². The van der Waals surface area contributed by atoms with Gasteiger partial charge in [0.15, 0.2) is 5.78 Å². The molecule has 1 unspecified atom stereocenters. The third-order valence-electron chi connectivity index (χ3n) is 5.42. The van der Waals surface area contributed by atoms with Crippen molar-refractivity contribution in [2.75, 3.05) is 4.90 Å². The summed E-state index contributed by atoms with van der Waals surface area (Å²) in [5.41, 5.74) is 4.78. The number of amides is 1. The van der Waals surface area contributed by atoms with E-state index in [1.807, 2.05) is 48.9 Å². The van der Waals surface area contributed by atoms with Crippen molar-refractivity contribution in [2.24, 2.45) is 7.05 Å². The summed E-state index contributed by atoms with van der Waals surface area (Å²) in [6.45, 7) is 3.37. The molecule has 0 aliphatic carbocycles.